The summed E-state index contributed by atoms with van der Waals surface area (Å²) in [4.78, 5) is 0. The van der Waals surface area contributed by atoms with Gasteiger partial charge in [0.25, 0.3) is 0 Å². The molecule has 0 radical (unpaired) electrons. The van der Waals surface area contributed by atoms with Gasteiger partial charge in [-0.05, 0) is 41.5 Å². The van der Waals surface area contributed by atoms with Gasteiger partial charge in [-0.1, -0.05) is 54.1 Å². The minimum atomic E-state index is 0.137. The molecule has 92 valence electrons. The normalized spacial score (nSPS) is 21.9. The van der Waals surface area contributed by atoms with Crippen molar-refractivity contribution in [3.8, 4) is 0 Å². The molecule has 0 aromatic heterocycles. The maximum atomic E-state index is 6.35. The van der Waals surface area contributed by atoms with Crippen LogP contribution in [0.2, 0.25) is 5.02 Å². The quantitative estimate of drug-likeness (QED) is 0.871. The zero-order chi connectivity index (χ0) is 12.5. The predicted molar refractivity (Wildman–Crippen MR) is 75.7 cm³/mol. The van der Waals surface area contributed by atoms with Crippen LogP contribution in [0.15, 0.2) is 48.5 Å². The van der Waals surface area contributed by atoms with Crippen molar-refractivity contribution in [3.63, 3.8) is 0 Å². The maximum absolute atomic E-state index is 6.35. The average Bonchev–Trinajstić information content (AvgIpc) is 2.70. The highest BCUT2D eigenvalue weighted by Crippen LogP contribution is 2.36. The first-order valence-corrected chi connectivity index (χ1v) is 6.70. The third-order valence-electron chi connectivity index (χ3n) is 3.84. The van der Waals surface area contributed by atoms with E-state index >= 15 is 0 Å². The molecule has 1 aliphatic rings. The van der Waals surface area contributed by atoms with Crippen LogP contribution in [0.4, 0.5) is 0 Å². The van der Waals surface area contributed by atoms with Crippen molar-refractivity contribution in [2.24, 2.45) is 11.7 Å². The van der Waals surface area contributed by atoms with Crippen LogP contribution in [0.25, 0.3) is 0 Å². The zero-order valence-electron chi connectivity index (χ0n) is 10.1. The Morgan fingerprint density at radius 2 is 1.78 bits per heavy atom. The first-order valence-electron chi connectivity index (χ1n) is 6.32. The van der Waals surface area contributed by atoms with Crippen LogP contribution in [-0.4, -0.2) is 0 Å². The number of nitrogens with two attached hydrogens (primary N) is 1. The van der Waals surface area contributed by atoms with E-state index in [0.717, 1.165) is 17.9 Å². The molecular weight excluding hydrogens is 242 g/mol. The van der Waals surface area contributed by atoms with E-state index in [1.54, 1.807) is 0 Å². The maximum Gasteiger partial charge on any atom is 0.0438 e. The fourth-order valence-electron chi connectivity index (χ4n) is 2.85. The number of fused-ring (bicyclic) bond motifs is 1. The van der Waals surface area contributed by atoms with Crippen molar-refractivity contribution < 1.29 is 0 Å². The fourth-order valence-corrected chi connectivity index (χ4v) is 3.07. The molecule has 0 aliphatic heterocycles. The van der Waals surface area contributed by atoms with E-state index in [-0.39, 0.29) is 6.04 Å². The van der Waals surface area contributed by atoms with Gasteiger partial charge >= 0.3 is 0 Å². The first-order chi connectivity index (χ1) is 8.75. The second kappa shape index (κ2) is 4.75. The Kier molecular flexibility index (Phi) is 3.11. The smallest absolute Gasteiger partial charge is 0.0438 e. The highest BCUT2D eigenvalue weighted by molar-refractivity contribution is 6.31. The monoisotopic (exact) mass is 257 g/mol. The molecule has 2 heteroatoms. The van der Waals surface area contributed by atoms with E-state index in [1.165, 1.54) is 16.7 Å². The van der Waals surface area contributed by atoms with Gasteiger partial charge in [-0.15, -0.1) is 0 Å². The van der Waals surface area contributed by atoms with Crippen LogP contribution in [0.5, 0.6) is 0 Å². The lowest BCUT2D eigenvalue weighted by Crippen LogP contribution is -2.19. The molecule has 1 nitrogen and oxygen atoms in total. The molecule has 0 saturated heterocycles. The van der Waals surface area contributed by atoms with Crippen LogP contribution in [0.1, 0.15) is 22.7 Å². The van der Waals surface area contributed by atoms with Gasteiger partial charge in [-0.2, -0.15) is 0 Å². The molecule has 2 atom stereocenters. The van der Waals surface area contributed by atoms with E-state index in [9.17, 15) is 0 Å². The van der Waals surface area contributed by atoms with Gasteiger partial charge in [0.05, 0.1) is 0 Å². The van der Waals surface area contributed by atoms with E-state index in [0.29, 0.717) is 5.92 Å². The zero-order valence-corrected chi connectivity index (χ0v) is 10.9. The van der Waals surface area contributed by atoms with Gasteiger partial charge in [0, 0.05) is 11.1 Å². The minimum Gasteiger partial charge on any atom is -0.324 e. The lowest BCUT2D eigenvalue weighted by molar-refractivity contribution is 0.465. The van der Waals surface area contributed by atoms with Crippen LogP contribution < -0.4 is 5.73 Å². The molecule has 1 aliphatic carbocycles. The third kappa shape index (κ3) is 2.05. The van der Waals surface area contributed by atoms with Crippen molar-refractivity contribution >= 4 is 11.6 Å². The van der Waals surface area contributed by atoms with Gasteiger partial charge in [-0.25, -0.2) is 0 Å². The fraction of sp³-hybridized carbons (Fsp3) is 0.250. The van der Waals surface area contributed by atoms with E-state index in [4.69, 9.17) is 17.3 Å². The highest BCUT2D eigenvalue weighted by atomic mass is 35.5. The highest BCUT2D eigenvalue weighted by Gasteiger charge is 2.29. The summed E-state index contributed by atoms with van der Waals surface area (Å²) in [6, 6.07) is 16.7. The SMILES string of the molecule is NC1c2ccccc2CC1Cc1ccccc1Cl. The summed E-state index contributed by atoms with van der Waals surface area (Å²) in [7, 11) is 0. The van der Waals surface area contributed by atoms with E-state index in [2.05, 4.69) is 30.3 Å². The Balaban J connectivity index is 1.83. The summed E-state index contributed by atoms with van der Waals surface area (Å²) in [5, 5.41) is 0.848. The number of rotatable bonds is 2. The number of benzene rings is 2. The lowest BCUT2D eigenvalue weighted by Gasteiger charge is -2.16. The van der Waals surface area contributed by atoms with Gasteiger partial charge < -0.3 is 5.73 Å². The topological polar surface area (TPSA) is 26.0 Å². The largest absolute Gasteiger partial charge is 0.324 e. The number of halogens is 1. The summed E-state index contributed by atoms with van der Waals surface area (Å²) < 4.78 is 0. The first kappa shape index (κ1) is 11.8. The predicted octanol–water partition coefficient (Wildman–Crippen LogP) is 3.75. The second-order valence-corrected chi connectivity index (χ2v) is 5.39. The van der Waals surface area contributed by atoms with Gasteiger partial charge in [0.1, 0.15) is 0 Å². The summed E-state index contributed by atoms with van der Waals surface area (Å²) in [6.45, 7) is 0. The van der Waals surface area contributed by atoms with Crippen molar-refractivity contribution in [1.29, 1.82) is 0 Å². The van der Waals surface area contributed by atoms with Gasteiger partial charge in [0.2, 0.25) is 0 Å². The molecule has 0 spiro atoms. The molecule has 3 rings (SSSR count). The number of hydrogen-bond acceptors (Lipinski definition) is 1. The van der Waals surface area contributed by atoms with Crippen LogP contribution >= 0.6 is 11.6 Å². The Labute approximate surface area is 113 Å². The number of hydrogen-bond donors (Lipinski definition) is 1. The Morgan fingerprint density at radius 3 is 2.56 bits per heavy atom. The third-order valence-corrected chi connectivity index (χ3v) is 4.21. The standard InChI is InChI=1S/C16H16ClN/c17-15-8-4-2-6-12(15)10-13-9-11-5-1-3-7-14(11)16(13)18/h1-8,13,16H,9-10,18H2. The van der Waals surface area contributed by atoms with E-state index < -0.39 is 0 Å². The van der Waals surface area contributed by atoms with Crippen LogP contribution in [0, 0.1) is 5.92 Å². The second-order valence-electron chi connectivity index (χ2n) is 4.98. The van der Waals surface area contributed by atoms with Crippen molar-refractivity contribution in [1.82, 2.24) is 0 Å². The lowest BCUT2D eigenvalue weighted by atomic mass is 9.93. The molecule has 0 amide bonds. The van der Waals surface area contributed by atoms with Crippen LogP contribution in [0.3, 0.4) is 0 Å². The molecule has 18 heavy (non-hydrogen) atoms. The molecule has 2 aromatic rings. The summed E-state index contributed by atoms with van der Waals surface area (Å²) in [6.07, 6.45) is 2.01. The minimum absolute atomic E-state index is 0.137. The molecule has 2 unspecified atom stereocenters. The summed E-state index contributed by atoms with van der Waals surface area (Å²) in [5.41, 5.74) is 10.2. The molecule has 2 aromatic carbocycles. The van der Waals surface area contributed by atoms with Gasteiger partial charge in [-0.3, -0.25) is 0 Å². The summed E-state index contributed by atoms with van der Waals surface area (Å²) in [5.74, 6) is 0.460. The Morgan fingerprint density at radius 1 is 1.06 bits per heavy atom. The molecule has 2 N–H and O–H groups in total. The van der Waals surface area contributed by atoms with Crippen molar-refractivity contribution in [2.75, 3.05) is 0 Å². The molecular formula is C16H16ClN. The van der Waals surface area contributed by atoms with Crippen molar-refractivity contribution in [2.45, 2.75) is 18.9 Å². The van der Waals surface area contributed by atoms with Gasteiger partial charge in [0.15, 0.2) is 0 Å². The average molecular weight is 258 g/mol. The van der Waals surface area contributed by atoms with Crippen molar-refractivity contribution in [3.05, 3.63) is 70.2 Å². The van der Waals surface area contributed by atoms with Crippen LogP contribution in [-0.2, 0) is 12.8 Å². The molecule has 0 heterocycles. The molecule has 0 fully saturated rings. The molecule has 0 bridgehead atoms. The Bertz CT molecular complexity index is 565. The van der Waals surface area contributed by atoms with E-state index in [1.807, 2.05) is 18.2 Å². The summed E-state index contributed by atoms with van der Waals surface area (Å²) >= 11 is 6.22. The Hall–Kier alpha value is -1.31. The molecule has 0 saturated carbocycles.